The number of hydrogen-bond acceptors (Lipinski definition) is 12. The minimum Gasteiger partial charge on any atom is -0.463 e. The van der Waals surface area contributed by atoms with Crippen LogP contribution in [0.1, 0.15) is 27.7 Å². The molecule has 1 aliphatic heterocycles. The summed E-state index contributed by atoms with van der Waals surface area (Å²) in [4.78, 5) is 58.5. The Kier molecular flexibility index (Phi) is 8.07. The summed E-state index contributed by atoms with van der Waals surface area (Å²) in [5.41, 5.74) is -0.345. The van der Waals surface area contributed by atoms with Crippen LogP contribution in [0.3, 0.4) is 0 Å². The Bertz CT molecular complexity index is 1170. The van der Waals surface area contributed by atoms with Crippen molar-refractivity contribution in [1.82, 2.24) is 0 Å². The molecule has 1 fully saturated rings. The smallest absolute Gasteiger partial charge is 0.336 e. The predicted molar refractivity (Wildman–Crippen MR) is 115 cm³/mol. The third-order valence-corrected chi connectivity index (χ3v) is 4.79. The van der Waals surface area contributed by atoms with Gasteiger partial charge >= 0.3 is 29.5 Å². The molecule has 0 saturated carbocycles. The summed E-state index contributed by atoms with van der Waals surface area (Å²) in [5, 5.41) is 0.624. The molecule has 0 amide bonds. The molecule has 12 nitrogen and oxygen atoms in total. The van der Waals surface area contributed by atoms with Crippen molar-refractivity contribution in [2.45, 2.75) is 58.4 Å². The molecule has 3 rings (SSSR count). The zero-order valence-corrected chi connectivity index (χ0v) is 19.4. The van der Waals surface area contributed by atoms with Gasteiger partial charge in [-0.1, -0.05) is 0 Å². The van der Waals surface area contributed by atoms with Crippen molar-refractivity contribution in [3.8, 4) is 5.75 Å². The molecule has 35 heavy (non-hydrogen) atoms. The monoisotopic (exact) mass is 492 g/mol. The van der Waals surface area contributed by atoms with Crippen molar-refractivity contribution in [2.75, 3.05) is 6.61 Å². The number of ether oxygens (including phenoxy) is 6. The van der Waals surface area contributed by atoms with E-state index in [9.17, 15) is 24.0 Å². The van der Waals surface area contributed by atoms with Crippen molar-refractivity contribution < 1.29 is 52.0 Å². The van der Waals surface area contributed by atoms with Crippen LogP contribution in [0, 0.1) is 0 Å². The summed E-state index contributed by atoms with van der Waals surface area (Å²) in [5.74, 6) is -2.73. The van der Waals surface area contributed by atoms with E-state index in [1.807, 2.05) is 0 Å². The minimum atomic E-state index is -1.40. The van der Waals surface area contributed by atoms with E-state index >= 15 is 0 Å². The highest BCUT2D eigenvalue weighted by atomic mass is 16.7. The van der Waals surface area contributed by atoms with Crippen molar-refractivity contribution in [3.63, 3.8) is 0 Å². The highest BCUT2D eigenvalue weighted by Gasteiger charge is 2.53. The fraction of sp³-hybridized carbons (Fsp3) is 0.435. The fourth-order valence-electron chi connectivity index (χ4n) is 3.53. The minimum absolute atomic E-state index is 0.160. The fourth-order valence-corrected chi connectivity index (χ4v) is 3.53. The van der Waals surface area contributed by atoms with E-state index in [1.165, 1.54) is 19.1 Å². The number of carbonyl (C=O) groups is 4. The number of hydrogen-bond donors (Lipinski definition) is 0. The maximum absolute atomic E-state index is 11.9. The van der Waals surface area contributed by atoms with Crippen molar-refractivity contribution in [1.29, 1.82) is 0 Å². The molecule has 0 unspecified atom stereocenters. The van der Waals surface area contributed by atoms with Crippen LogP contribution >= 0.6 is 0 Å². The zero-order chi connectivity index (χ0) is 25.7. The van der Waals surface area contributed by atoms with Crippen LogP contribution in [0.25, 0.3) is 11.0 Å². The molecule has 0 spiro atoms. The van der Waals surface area contributed by atoms with Crippen molar-refractivity contribution in [2.24, 2.45) is 0 Å². The van der Waals surface area contributed by atoms with E-state index in [2.05, 4.69) is 0 Å². The summed E-state index contributed by atoms with van der Waals surface area (Å²) in [6, 6.07) is 7.43. The zero-order valence-electron chi connectivity index (χ0n) is 19.4. The second kappa shape index (κ2) is 11.0. The first-order valence-corrected chi connectivity index (χ1v) is 10.5. The molecule has 188 valence electrons. The van der Waals surface area contributed by atoms with E-state index in [1.54, 1.807) is 18.2 Å². The number of rotatable bonds is 7. The predicted octanol–water partition coefficient (Wildman–Crippen LogP) is 1.25. The van der Waals surface area contributed by atoms with E-state index in [-0.39, 0.29) is 17.9 Å². The largest absolute Gasteiger partial charge is 0.463 e. The Morgan fingerprint density at radius 1 is 0.800 bits per heavy atom. The average Bonchev–Trinajstić information content (AvgIpc) is 2.75. The van der Waals surface area contributed by atoms with Crippen molar-refractivity contribution in [3.05, 3.63) is 40.8 Å². The summed E-state index contributed by atoms with van der Waals surface area (Å²) in [7, 11) is 0. The van der Waals surface area contributed by atoms with Crippen LogP contribution in [-0.2, 0) is 42.9 Å². The van der Waals surface area contributed by atoms with Crippen LogP contribution < -0.4 is 10.4 Å². The number of carbonyl (C=O) groups excluding carboxylic acids is 4. The van der Waals surface area contributed by atoms with Gasteiger partial charge < -0.3 is 32.8 Å². The van der Waals surface area contributed by atoms with Crippen LogP contribution in [-0.4, -0.2) is 61.2 Å². The second-order valence-corrected chi connectivity index (χ2v) is 7.64. The molecular weight excluding hydrogens is 468 g/mol. The van der Waals surface area contributed by atoms with Gasteiger partial charge in [0, 0.05) is 45.2 Å². The van der Waals surface area contributed by atoms with E-state index in [0.29, 0.717) is 5.39 Å². The highest BCUT2D eigenvalue weighted by Crippen LogP contribution is 2.31. The lowest BCUT2D eigenvalue weighted by molar-refractivity contribution is -0.288. The lowest BCUT2D eigenvalue weighted by Gasteiger charge is -2.43. The Hall–Kier alpha value is -3.93. The Labute approximate surface area is 199 Å². The molecule has 2 aromatic rings. The molecule has 0 radical (unpaired) electrons. The molecule has 1 aliphatic rings. The molecule has 0 aliphatic carbocycles. The summed E-state index contributed by atoms with van der Waals surface area (Å²) in [6.45, 7) is 4.15. The van der Waals surface area contributed by atoms with E-state index in [0.717, 1.165) is 20.8 Å². The van der Waals surface area contributed by atoms with Crippen LogP contribution in [0.2, 0.25) is 0 Å². The van der Waals surface area contributed by atoms with Gasteiger partial charge in [-0.15, -0.1) is 0 Å². The first-order chi connectivity index (χ1) is 16.5. The average molecular weight is 492 g/mol. The van der Waals surface area contributed by atoms with Gasteiger partial charge in [0.05, 0.1) is 0 Å². The lowest BCUT2D eigenvalue weighted by atomic mass is 9.98. The summed E-state index contributed by atoms with van der Waals surface area (Å²) >= 11 is 0. The van der Waals surface area contributed by atoms with Gasteiger partial charge in [0.15, 0.2) is 12.2 Å². The van der Waals surface area contributed by atoms with Crippen molar-refractivity contribution >= 4 is 34.8 Å². The van der Waals surface area contributed by atoms with Gasteiger partial charge in [0.1, 0.15) is 24.0 Å². The molecule has 1 aromatic heterocycles. The number of benzene rings is 1. The van der Waals surface area contributed by atoms with Crippen LogP contribution in [0.4, 0.5) is 0 Å². The Morgan fingerprint density at radius 3 is 2.03 bits per heavy atom. The van der Waals surface area contributed by atoms with Gasteiger partial charge in [-0.3, -0.25) is 19.2 Å². The van der Waals surface area contributed by atoms with Crippen LogP contribution in [0.15, 0.2) is 39.5 Å². The summed E-state index contributed by atoms with van der Waals surface area (Å²) < 4.78 is 37.9. The molecule has 5 atom stereocenters. The molecule has 12 heteroatoms. The standard InChI is InChI=1S/C23H24O12/c1-11(24)29-10-18-20(30-12(2)25)21(31-13(3)26)22(32-14(4)27)23(35-18)33-16-7-5-15-6-8-19(28)34-17(15)9-16/h5-9,18,20-23H,10H2,1-4H3/t18-,20-,21+,22-,23+/m1/s1. The molecule has 0 N–H and O–H groups in total. The SMILES string of the molecule is CC(=O)OC[C@H]1O[C@H](Oc2ccc3ccc(=O)oc3c2)[C@H](OC(C)=O)[C@@H](OC(C)=O)[C@@H]1OC(C)=O. The van der Waals surface area contributed by atoms with E-state index < -0.39 is 60.2 Å². The van der Waals surface area contributed by atoms with Gasteiger partial charge in [0.2, 0.25) is 12.4 Å². The highest BCUT2D eigenvalue weighted by molar-refractivity contribution is 5.77. The van der Waals surface area contributed by atoms with Gasteiger partial charge in [-0.05, 0) is 18.2 Å². The molecule has 1 aromatic carbocycles. The maximum atomic E-state index is 11.9. The molecule has 1 saturated heterocycles. The quantitative estimate of drug-likeness (QED) is 0.310. The van der Waals surface area contributed by atoms with E-state index in [4.69, 9.17) is 32.8 Å². The maximum Gasteiger partial charge on any atom is 0.336 e. The van der Waals surface area contributed by atoms with Gasteiger partial charge in [-0.25, -0.2) is 4.79 Å². The second-order valence-electron chi connectivity index (χ2n) is 7.64. The molecule has 2 heterocycles. The molecular formula is C23H24O12. The topological polar surface area (TPSA) is 154 Å². The first-order valence-electron chi connectivity index (χ1n) is 10.5. The first kappa shape index (κ1) is 25.7. The number of fused-ring (bicyclic) bond motifs is 1. The van der Waals surface area contributed by atoms with Gasteiger partial charge in [0.25, 0.3) is 0 Å². The third-order valence-electron chi connectivity index (χ3n) is 4.79. The Balaban J connectivity index is 2.01. The lowest BCUT2D eigenvalue weighted by Crippen LogP contribution is -2.63. The van der Waals surface area contributed by atoms with Gasteiger partial charge in [-0.2, -0.15) is 0 Å². The molecule has 0 bridgehead atoms. The summed E-state index contributed by atoms with van der Waals surface area (Å²) in [6.07, 6.45) is -6.59. The normalized spacial score (nSPS) is 23.7. The van der Waals surface area contributed by atoms with Crippen LogP contribution in [0.5, 0.6) is 5.75 Å². The Morgan fingerprint density at radius 2 is 1.40 bits per heavy atom. The third kappa shape index (κ3) is 6.79. The number of esters is 4.